The van der Waals surface area contributed by atoms with Gasteiger partial charge in [0.1, 0.15) is 12.1 Å². The third kappa shape index (κ3) is 9.84. The molecule has 2 aliphatic carbocycles. The number of carbonyl (C=O) groups is 2. The SMILES string of the molecule is NCCCC[C@H](NS(=O)(=O)N[C@@H](CC1CCCCC1)C(=O)NC1CCCCC1)C(=O)O. The summed E-state index contributed by atoms with van der Waals surface area (Å²) in [6, 6.07) is -2.07. The Balaban J connectivity index is 2.03. The third-order valence-corrected chi connectivity index (χ3v) is 7.59. The van der Waals surface area contributed by atoms with Gasteiger partial charge in [-0.15, -0.1) is 0 Å². The highest BCUT2D eigenvalue weighted by atomic mass is 32.2. The molecule has 2 atom stereocenters. The van der Waals surface area contributed by atoms with Crippen LogP contribution in [0.15, 0.2) is 0 Å². The summed E-state index contributed by atoms with van der Waals surface area (Å²) in [6.45, 7) is 0.419. The van der Waals surface area contributed by atoms with Crippen molar-refractivity contribution in [2.75, 3.05) is 6.54 Å². The number of nitrogens with one attached hydrogen (secondary N) is 3. The van der Waals surface area contributed by atoms with Crippen molar-refractivity contribution in [3.05, 3.63) is 0 Å². The maximum absolute atomic E-state index is 13.0. The van der Waals surface area contributed by atoms with E-state index >= 15 is 0 Å². The Bertz CT molecular complexity index is 661. The molecule has 0 radical (unpaired) electrons. The number of aliphatic carboxylic acids is 1. The number of carboxylic acids is 1. The molecule has 0 aromatic carbocycles. The standard InChI is InChI=1S/C21H40N4O5S/c22-14-8-7-13-18(21(27)28)24-31(29,30)25-19(15-16-9-3-1-4-10-16)20(26)23-17-11-5-2-6-12-17/h16-19,24-25H,1-15,22H2,(H,23,26)(H,27,28)/t18-,19-/m0/s1. The Labute approximate surface area is 186 Å². The molecule has 2 fully saturated rings. The molecular weight excluding hydrogens is 420 g/mol. The lowest BCUT2D eigenvalue weighted by Gasteiger charge is -2.29. The number of rotatable bonds is 13. The molecular formula is C21H40N4O5S. The van der Waals surface area contributed by atoms with Crippen molar-refractivity contribution in [1.82, 2.24) is 14.8 Å². The van der Waals surface area contributed by atoms with Gasteiger partial charge in [0.2, 0.25) is 5.91 Å². The van der Waals surface area contributed by atoms with Gasteiger partial charge < -0.3 is 16.2 Å². The van der Waals surface area contributed by atoms with Crippen LogP contribution in [-0.2, 0) is 19.8 Å². The van der Waals surface area contributed by atoms with Gasteiger partial charge in [-0.3, -0.25) is 9.59 Å². The van der Waals surface area contributed by atoms with E-state index in [1.165, 1.54) is 6.42 Å². The van der Waals surface area contributed by atoms with Gasteiger partial charge in [0.05, 0.1) is 0 Å². The van der Waals surface area contributed by atoms with E-state index in [0.717, 1.165) is 57.8 Å². The topological polar surface area (TPSA) is 151 Å². The summed E-state index contributed by atoms with van der Waals surface area (Å²) in [5, 5.41) is 12.4. The summed E-state index contributed by atoms with van der Waals surface area (Å²) in [7, 11) is -4.17. The van der Waals surface area contributed by atoms with Crippen LogP contribution in [0.4, 0.5) is 0 Å². The zero-order valence-corrected chi connectivity index (χ0v) is 19.3. The molecule has 31 heavy (non-hydrogen) atoms. The van der Waals surface area contributed by atoms with Gasteiger partial charge in [0.15, 0.2) is 0 Å². The molecule has 0 aliphatic heterocycles. The van der Waals surface area contributed by atoms with Crippen LogP contribution in [0.3, 0.4) is 0 Å². The minimum Gasteiger partial charge on any atom is -0.480 e. The molecule has 0 bridgehead atoms. The average Bonchev–Trinajstić information content (AvgIpc) is 2.74. The fourth-order valence-electron chi connectivity index (χ4n) is 4.65. The quantitative estimate of drug-likeness (QED) is 0.264. The molecule has 0 aromatic rings. The molecule has 1 amide bonds. The Morgan fingerprint density at radius 2 is 1.48 bits per heavy atom. The first-order valence-corrected chi connectivity index (χ1v) is 13.3. The van der Waals surface area contributed by atoms with Crippen molar-refractivity contribution < 1.29 is 23.1 Å². The van der Waals surface area contributed by atoms with E-state index in [9.17, 15) is 23.1 Å². The first-order chi connectivity index (χ1) is 14.8. The number of carboxylic acid groups (broad SMARTS) is 1. The summed E-state index contributed by atoms with van der Waals surface area (Å²) in [5.74, 6) is -1.26. The lowest BCUT2D eigenvalue weighted by atomic mass is 9.84. The zero-order chi connectivity index (χ0) is 22.7. The van der Waals surface area contributed by atoms with Crippen LogP contribution in [-0.4, -0.2) is 50.1 Å². The van der Waals surface area contributed by atoms with Crippen LogP contribution in [0.25, 0.3) is 0 Å². The molecule has 0 heterocycles. The summed E-state index contributed by atoms with van der Waals surface area (Å²) in [5.41, 5.74) is 5.44. The van der Waals surface area contributed by atoms with Crippen molar-refractivity contribution >= 4 is 22.1 Å². The molecule has 10 heteroatoms. The molecule has 2 saturated carbocycles. The second-order valence-electron chi connectivity index (χ2n) is 9.05. The minimum atomic E-state index is -4.17. The summed E-state index contributed by atoms with van der Waals surface area (Å²) < 4.78 is 30.2. The number of amides is 1. The number of hydrogen-bond acceptors (Lipinski definition) is 5. The molecule has 0 saturated heterocycles. The van der Waals surface area contributed by atoms with Gasteiger partial charge in [-0.05, 0) is 44.6 Å². The number of carbonyl (C=O) groups excluding carboxylic acids is 1. The Morgan fingerprint density at radius 1 is 0.903 bits per heavy atom. The van der Waals surface area contributed by atoms with Crippen LogP contribution >= 0.6 is 0 Å². The van der Waals surface area contributed by atoms with Crippen molar-refractivity contribution in [3.63, 3.8) is 0 Å². The molecule has 2 rings (SSSR count). The lowest BCUT2D eigenvalue weighted by Crippen LogP contribution is -2.55. The second-order valence-corrected chi connectivity index (χ2v) is 10.5. The van der Waals surface area contributed by atoms with Crippen LogP contribution in [0.1, 0.15) is 89.9 Å². The Morgan fingerprint density at radius 3 is 2.06 bits per heavy atom. The van der Waals surface area contributed by atoms with E-state index in [2.05, 4.69) is 14.8 Å². The average molecular weight is 461 g/mol. The molecule has 0 spiro atoms. The van der Waals surface area contributed by atoms with Crippen molar-refractivity contribution in [1.29, 1.82) is 0 Å². The third-order valence-electron chi connectivity index (χ3n) is 6.40. The normalized spacial score (nSPS) is 20.8. The smallest absolute Gasteiger partial charge is 0.321 e. The summed E-state index contributed by atoms with van der Waals surface area (Å²) >= 11 is 0. The first kappa shape index (κ1) is 26.0. The fraction of sp³-hybridized carbons (Fsp3) is 0.905. The van der Waals surface area contributed by atoms with Crippen LogP contribution in [0.2, 0.25) is 0 Å². The predicted molar refractivity (Wildman–Crippen MR) is 120 cm³/mol. The van der Waals surface area contributed by atoms with Gasteiger partial charge >= 0.3 is 5.97 Å². The Kier molecular flexibility index (Phi) is 11.2. The highest BCUT2D eigenvalue weighted by molar-refractivity contribution is 7.87. The highest BCUT2D eigenvalue weighted by Crippen LogP contribution is 2.28. The van der Waals surface area contributed by atoms with Gasteiger partial charge in [-0.1, -0.05) is 57.8 Å². The van der Waals surface area contributed by atoms with Crippen molar-refractivity contribution in [3.8, 4) is 0 Å². The molecule has 2 aliphatic rings. The van der Waals surface area contributed by atoms with Crippen LogP contribution in [0.5, 0.6) is 0 Å². The van der Waals surface area contributed by atoms with Gasteiger partial charge in [-0.2, -0.15) is 17.9 Å². The van der Waals surface area contributed by atoms with Gasteiger partial charge in [-0.25, -0.2) is 0 Å². The number of hydrogen-bond donors (Lipinski definition) is 5. The Hall–Kier alpha value is -1.23. The highest BCUT2D eigenvalue weighted by Gasteiger charge is 2.32. The molecule has 180 valence electrons. The largest absolute Gasteiger partial charge is 0.480 e. The molecule has 6 N–H and O–H groups in total. The van der Waals surface area contributed by atoms with Gasteiger partial charge in [0.25, 0.3) is 10.2 Å². The van der Waals surface area contributed by atoms with Crippen molar-refractivity contribution in [2.45, 2.75) is 108 Å². The summed E-state index contributed by atoms with van der Waals surface area (Å²) in [4.78, 5) is 24.5. The fourth-order valence-corrected chi connectivity index (χ4v) is 5.89. The maximum Gasteiger partial charge on any atom is 0.321 e. The van der Waals surface area contributed by atoms with E-state index < -0.39 is 28.3 Å². The molecule has 9 nitrogen and oxygen atoms in total. The van der Waals surface area contributed by atoms with E-state index in [1.54, 1.807) is 0 Å². The number of nitrogens with two attached hydrogens (primary N) is 1. The van der Waals surface area contributed by atoms with E-state index in [4.69, 9.17) is 5.73 Å². The van der Waals surface area contributed by atoms with E-state index in [-0.39, 0.29) is 18.4 Å². The minimum absolute atomic E-state index is 0.0793. The van der Waals surface area contributed by atoms with E-state index in [1.807, 2.05) is 0 Å². The molecule has 0 unspecified atom stereocenters. The predicted octanol–water partition coefficient (Wildman–Crippen LogP) is 1.78. The van der Waals surface area contributed by atoms with Crippen LogP contribution < -0.4 is 20.5 Å². The first-order valence-electron chi connectivity index (χ1n) is 11.8. The molecule has 0 aromatic heterocycles. The number of unbranched alkanes of at least 4 members (excludes halogenated alkanes) is 1. The summed E-state index contributed by atoms with van der Waals surface area (Å²) in [6.07, 6.45) is 12.1. The second kappa shape index (κ2) is 13.3. The van der Waals surface area contributed by atoms with Crippen molar-refractivity contribution in [2.24, 2.45) is 11.7 Å². The lowest BCUT2D eigenvalue weighted by molar-refractivity contribution is -0.139. The van der Waals surface area contributed by atoms with Crippen LogP contribution in [0, 0.1) is 5.92 Å². The van der Waals surface area contributed by atoms with E-state index in [0.29, 0.717) is 31.7 Å². The maximum atomic E-state index is 13.0. The zero-order valence-electron chi connectivity index (χ0n) is 18.5. The van der Waals surface area contributed by atoms with Gasteiger partial charge in [0, 0.05) is 6.04 Å². The monoisotopic (exact) mass is 460 g/mol.